The number of carbonyl (C=O) groups is 1. The molecule has 1 saturated carbocycles. The molecule has 0 unspecified atom stereocenters. The number of thioether (sulfide) groups is 1. The van der Waals surface area contributed by atoms with Gasteiger partial charge in [-0.05, 0) is 33.1 Å². The Morgan fingerprint density at radius 2 is 2.09 bits per heavy atom. The highest BCUT2D eigenvalue weighted by atomic mass is 32.2. The molecule has 1 aliphatic carbocycles. The molecule has 0 bridgehead atoms. The van der Waals surface area contributed by atoms with Gasteiger partial charge in [0.2, 0.25) is 0 Å². The Morgan fingerprint density at radius 1 is 1.43 bits per heavy atom. The Morgan fingerprint density at radius 3 is 2.70 bits per heavy atom. The summed E-state index contributed by atoms with van der Waals surface area (Å²) in [6.45, 7) is 7.09. The summed E-state index contributed by atoms with van der Waals surface area (Å²) in [6, 6.07) is -0.217. The lowest BCUT2D eigenvalue weighted by molar-refractivity contribution is -0.0794. The first-order valence-electron chi connectivity index (χ1n) is 8.64. The van der Waals surface area contributed by atoms with Gasteiger partial charge < -0.3 is 10.2 Å². The second kappa shape index (κ2) is 8.03. The summed E-state index contributed by atoms with van der Waals surface area (Å²) in [7, 11) is 0. The lowest BCUT2D eigenvalue weighted by atomic mass is 9.96. The number of thiocarbonyl (C=S) groups is 1. The Balaban J connectivity index is 1.98. The second-order valence-electron chi connectivity index (χ2n) is 7.02. The van der Waals surface area contributed by atoms with Crippen molar-refractivity contribution >= 4 is 34.3 Å². The van der Waals surface area contributed by atoms with Gasteiger partial charge in [0, 0.05) is 12.6 Å². The number of unbranched alkanes of at least 4 members (excludes halogenated alkanes) is 1. The topological polar surface area (TPSA) is 55.8 Å². The third-order valence-electron chi connectivity index (χ3n) is 4.83. The van der Waals surface area contributed by atoms with Gasteiger partial charge in [-0.2, -0.15) is 5.06 Å². The van der Waals surface area contributed by atoms with Crippen LogP contribution in [-0.2, 0) is 0 Å². The van der Waals surface area contributed by atoms with E-state index in [4.69, 9.17) is 12.2 Å². The van der Waals surface area contributed by atoms with Gasteiger partial charge >= 0.3 is 6.03 Å². The van der Waals surface area contributed by atoms with Crippen LogP contribution < -0.4 is 5.32 Å². The quantitative estimate of drug-likeness (QED) is 0.442. The third kappa shape index (κ3) is 4.31. The van der Waals surface area contributed by atoms with Crippen LogP contribution in [0.3, 0.4) is 0 Å². The van der Waals surface area contributed by atoms with E-state index in [1.54, 1.807) is 0 Å². The molecule has 23 heavy (non-hydrogen) atoms. The van der Waals surface area contributed by atoms with Crippen molar-refractivity contribution in [1.82, 2.24) is 15.3 Å². The monoisotopic (exact) mass is 359 g/mol. The van der Waals surface area contributed by atoms with Crippen LogP contribution in [0, 0.1) is 0 Å². The maximum absolute atomic E-state index is 12.4. The van der Waals surface area contributed by atoms with Crippen molar-refractivity contribution in [3.8, 4) is 0 Å². The number of urea groups is 1. The van der Waals surface area contributed by atoms with E-state index in [-0.39, 0.29) is 17.0 Å². The van der Waals surface area contributed by atoms with Gasteiger partial charge in [-0.15, -0.1) is 0 Å². The summed E-state index contributed by atoms with van der Waals surface area (Å²) in [5.74, 6) is 0. The maximum atomic E-state index is 12.4. The summed E-state index contributed by atoms with van der Waals surface area (Å²) in [5, 5.41) is 13.9. The molecule has 0 spiro atoms. The minimum atomic E-state index is -0.400. The summed E-state index contributed by atoms with van der Waals surface area (Å²) >= 11 is 6.87. The predicted octanol–water partition coefficient (Wildman–Crippen LogP) is 3.96. The molecule has 1 aliphatic heterocycles. The molecule has 0 aromatic heterocycles. The van der Waals surface area contributed by atoms with Gasteiger partial charge in [-0.25, -0.2) is 4.79 Å². The standard InChI is InChI=1S/C16H29N3O2S2/c1-4-5-11-18-15(22)23-13(16(18,2)3)19(21)14(20)17-12-9-7-6-8-10-12/h12-13,21H,4-11H2,1-3H3,(H,17,20)/t13-/m1/s1. The number of nitrogens with zero attached hydrogens (tertiary/aromatic N) is 2. The highest BCUT2D eigenvalue weighted by Gasteiger charge is 2.49. The summed E-state index contributed by atoms with van der Waals surface area (Å²) < 4.78 is 0.762. The molecule has 2 fully saturated rings. The molecule has 0 aromatic carbocycles. The lowest BCUT2D eigenvalue weighted by Crippen LogP contribution is -2.56. The normalized spacial score (nSPS) is 24.8. The van der Waals surface area contributed by atoms with Gasteiger partial charge in [-0.1, -0.05) is 56.6 Å². The summed E-state index contributed by atoms with van der Waals surface area (Å²) in [4.78, 5) is 14.5. The molecule has 2 aliphatic rings. The molecule has 1 heterocycles. The minimum Gasteiger partial charge on any atom is -0.349 e. The Hall–Kier alpha value is -0.530. The zero-order valence-electron chi connectivity index (χ0n) is 14.4. The van der Waals surface area contributed by atoms with Crippen LogP contribution in [0.5, 0.6) is 0 Å². The minimum absolute atomic E-state index is 0.184. The first kappa shape index (κ1) is 18.8. The van der Waals surface area contributed by atoms with Crippen LogP contribution >= 0.6 is 24.0 Å². The number of hydroxylamine groups is 2. The molecular formula is C16H29N3O2S2. The van der Waals surface area contributed by atoms with Gasteiger partial charge in [0.1, 0.15) is 9.69 Å². The van der Waals surface area contributed by atoms with Crippen molar-refractivity contribution in [1.29, 1.82) is 0 Å². The summed E-state index contributed by atoms with van der Waals surface area (Å²) in [6.07, 6.45) is 7.68. The number of carbonyl (C=O) groups excluding carboxylic acids is 1. The van der Waals surface area contributed by atoms with Crippen LogP contribution in [0.4, 0.5) is 4.79 Å². The Kier molecular flexibility index (Phi) is 6.57. The van der Waals surface area contributed by atoms with E-state index < -0.39 is 6.03 Å². The molecule has 2 amide bonds. The SMILES string of the molecule is CCCCN1C(=S)S[C@@H](N(O)C(=O)NC2CCCCC2)C1(C)C. The molecule has 0 radical (unpaired) electrons. The molecule has 132 valence electrons. The van der Waals surface area contributed by atoms with Crippen LogP contribution in [-0.4, -0.2) is 49.0 Å². The van der Waals surface area contributed by atoms with E-state index in [1.165, 1.54) is 18.2 Å². The highest BCUT2D eigenvalue weighted by molar-refractivity contribution is 8.23. The molecule has 1 atom stereocenters. The Bertz CT molecular complexity index is 439. The van der Waals surface area contributed by atoms with Crippen LogP contribution in [0.25, 0.3) is 0 Å². The van der Waals surface area contributed by atoms with Crippen LogP contribution in [0.2, 0.25) is 0 Å². The largest absolute Gasteiger partial charge is 0.349 e. The van der Waals surface area contributed by atoms with Crippen molar-refractivity contribution in [2.45, 2.75) is 82.7 Å². The van der Waals surface area contributed by atoms with Crippen molar-refractivity contribution in [3.63, 3.8) is 0 Å². The number of hydrogen-bond acceptors (Lipinski definition) is 4. The Labute approximate surface area is 149 Å². The summed E-state index contributed by atoms with van der Waals surface area (Å²) in [5.41, 5.74) is -0.379. The fourth-order valence-electron chi connectivity index (χ4n) is 3.31. The molecule has 0 aromatic rings. The zero-order chi connectivity index (χ0) is 17.0. The second-order valence-corrected chi connectivity index (χ2v) is 8.74. The first-order chi connectivity index (χ1) is 10.9. The van der Waals surface area contributed by atoms with Crippen molar-refractivity contribution in [3.05, 3.63) is 0 Å². The number of nitrogens with one attached hydrogen (secondary N) is 1. The van der Waals surface area contributed by atoms with Gasteiger partial charge in [-0.3, -0.25) is 5.21 Å². The van der Waals surface area contributed by atoms with Crippen molar-refractivity contribution in [2.75, 3.05) is 6.54 Å². The lowest BCUT2D eigenvalue weighted by Gasteiger charge is -2.38. The highest BCUT2D eigenvalue weighted by Crippen LogP contribution is 2.41. The van der Waals surface area contributed by atoms with E-state index in [9.17, 15) is 10.0 Å². The van der Waals surface area contributed by atoms with Crippen LogP contribution in [0.15, 0.2) is 0 Å². The average molecular weight is 360 g/mol. The maximum Gasteiger partial charge on any atom is 0.342 e. The van der Waals surface area contributed by atoms with E-state index in [1.807, 2.05) is 13.8 Å². The third-order valence-corrected chi connectivity index (χ3v) is 6.76. The number of amides is 2. The van der Waals surface area contributed by atoms with E-state index in [0.29, 0.717) is 0 Å². The molecule has 5 nitrogen and oxygen atoms in total. The van der Waals surface area contributed by atoms with E-state index in [2.05, 4.69) is 17.1 Å². The smallest absolute Gasteiger partial charge is 0.342 e. The van der Waals surface area contributed by atoms with E-state index in [0.717, 1.165) is 54.5 Å². The fourth-order valence-corrected chi connectivity index (χ4v) is 5.17. The molecule has 7 heteroatoms. The average Bonchev–Trinajstić information content (AvgIpc) is 2.75. The van der Waals surface area contributed by atoms with Gasteiger partial charge in [0.25, 0.3) is 0 Å². The number of rotatable bonds is 5. The molecular weight excluding hydrogens is 330 g/mol. The number of hydrogen-bond donors (Lipinski definition) is 2. The zero-order valence-corrected chi connectivity index (χ0v) is 16.0. The van der Waals surface area contributed by atoms with Crippen molar-refractivity contribution in [2.24, 2.45) is 0 Å². The van der Waals surface area contributed by atoms with Crippen LogP contribution in [0.1, 0.15) is 65.7 Å². The van der Waals surface area contributed by atoms with Gasteiger partial charge in [0.05, 0.1) is 5.54 Å². The first-order valence-corrected chi connectivity index (χ1v) is 9.93. The van der Waals surface area contributed by atoms with E-state index >= 15 is 0 Å². The van der Waals surface area contributed by atoms with Crippen molar-refractivity contribution < 1.29 is 10.0 Å². The predicted molar refractivity (Wildman–Crippen MR) is 98.7 cm³/mol. The molecule has 2 rings (SSSR count). The molecule has 2 N–H and O–H groups in total. The fraction of sp³-hybridized carbons (Fsp3) is 0.875. The molecule has 1 saturated heterocycles. The van der Waals surface area contributed by atoms with Gasteiger partial charge in [0.15, 0.2) is 0 Å².